The molecule has 6 nitrogen and oxygen atoms in total. The third-order valence-electron chi connectivity index (χ3n) is 2.45. The van der Waals surface area contributed by atoms with Crippen LogP contribution in [0, 0.1) is 6.92 Å². The predicted molar refractivity (Wildman–Crippen MR) is 73.1 cm³/mol. The lowest BCUT2D eigenvalue weighted by Crippen LogP contribution is -2.18. The average Bonchev–Trinajstić information content (AvgIpc) is 2.37. The van der Waals surface area contributed by atoms with Gasteiger partial charge in [-0.25, -0.2) is 14.8 Å². The fraction of sp³-hybridized carbons (Fsp3) is 0.0769. The van der Waals surface area contributed by atoms with Crippen LogP contribution in [0.15, 0.2) is 30.3 Å². The zero-order valence-corrected chi connectivity index (χ0v) is 11.2. The molecule has 0 unspecified atom stereocenters. The number of hydrogen-bond donors (Lipinski definition) is 2. The van der Waals surface area contributed by atoms with Crippen LogP contribution in [-0.2, 0) is 0 Å². The highest BCUT2D eigenvalue weighted by Gasteiger charge is 2.16. The molecule has 0 aliphatic rings. The molecule has 0 radical (unpaired) electrons. The highest BCUT2D eigenvalue weighted by molar-refractivity contribution is 6.29. The highest BCUT2D eigenvalue weighted by atomic mass is 35.5. The number of anilines is 1. The second kappa shape index (κ2) is 5.66. The molecular weight excluding hydrogens is 282 g/mol. The van der Waals surface area contributed by atoms with Crippen molar-refractivity contribution >= 4 is 29.4 Å². The molecule has 0 spiro atoms. The van der Waals surface area contributed by atoms with Crippen LogP contribution >= 0.6 is 11.6 Å². The van der Waals surface area contributed by atoms with Crippen molar-refractivity contribution < 1.29 is 14.7 Å². The number of carboxylic acids is 1. The standard InChI is InChI=1S/C13H10ClN3O3/c1-7-6-10(14)16-13(15-7)17-11(18)8-4-2-3-5-9(8)12(19)20/h2-6H,1H3,(H,19,20)(H,15,16,17,18). The molecule has 0 atom stereocenters. The molecule has 1 aromatic carbocycles. The summed E-state index contributed by atoms with van der Waals surface area (Å²) in [5.41, 5.74) is 0.525. The number of nitrogens with zero attached hydrogens (tertiary/aromatic N) is 2. The fourth-order valence-electron chi connectivity index (χ4n) is 1.62. The van der Waals surface area contributed by atoms with E-state index in [0.29, 0.717) is 5.69 Å². The summed E-state index contributed by atoms with van der Waals surface area (Å²) in [5.74, 6) is -1.76. The number of carbonyl (C=O) groups is 2. The summed E-state index contributed by atoms with van der Waals surface area (Å²) in [5, 5.41) is 11.7. The maximum Gasteiger partial charge on any atom is 0.336 e. The first kappa shape index (κ1) is 14.0. The smallest absolute Gasteiger partial charge is 0.336 e. The highest BCUT2D eigenvalue weighted by Crippen LogP contribution is 2.13. The van der Waals surface area contributed by atoms with Gasteiger partial charge in [-0.3, -0.25) is 10.1 Å². The Bertz CT molecular complexity index is 668. The van der Waals surface area contributed by atoms with Gasteiger partial charge in [-0.2, -0.15) is 0 Å². The molecule has 20 heavy (non-hydrogen) atoms. The summed E-state index contributed by atoms with van der Waals surface area (Å²) in [4.78, 5) is 31.0. The number of hydrogen-bond acceptors (Lipinski definition) is 4. The van der Waals surface area contributed by atoms with E-state index in [1.807, 2.05) is 0 Å². The lowest BCUT2D eigenvalue weighted by molar-refractivity contribution is 0.0692. The van der Waals surface area contributed by atoms with Gasteiger partial charge < -0.3 is 5.11 Å². The third-order valence-corrected chi connectivity index (χ3v) is 2.64. The number of rotatable bonds is 3. The number of benzene rings is 1. The summed E-state index contributed by atoms with van der Waals surface area (Å²) in [6.07, 6.45) is 0. The van der Waals surface area contributed by atoms with E-state index in [2.05, 4.69) is 15.3 Å². The van der Waals surface area contributed by atoms with Crippen LogP contribution in [0.4, 0.5) is 5.95 Å². The van der Waals surface area contributed by atoms with Crippen molar-refractivity contribution in [3.63, 3.8) is 0 Å². The molecule has 0 fully saturated rings. The number of aryl methyl sites for hydroxylation is 1. The first-order valence-electron chi connectivity index (χ1n) is 5.62. The van der Waals surface area contributed by atoms with Gasteiger partial charge in [-0.1, -0.05) is 23.7 Å². The van der Waals surface area contributed by atoms with E-state index >= 15 is 0 Å². The summed E-state index contributed by atoms with van der Waals surface area (Å²) in [6.45, 7) is 1.70. The molecule has 7 heteroatoms. The van der Waals surface area contributed by atoms with E-state index < -0.39 is 11.9 Å². The Morgan fingerprint density at radius 3 is 2.45 bits per heavy atom. The third kappa shape index (κ3) is 3.10. The summed E-state index contributed by atoms with van der Waals surface area (Å²) >= 11 is 5.76. The monoisotopic (exact) mass is 291 g/mol. The maximum atomic E-state index is 12.1. The summed E-state index contributed by atoms with van der Waals surface area (Å²) in [7, 11) is 0. The molecule has 0 aliphatic carbocycles. The van der Waals surface area contributed by atoms with Gasteiger partial charge in [-0.15, -0.1) is 0 Å². The van der Waals surface area contributed by atoms with E-state index in [-0.39, 0.29) is 22.2 Å². The van der Waals surface area contributed by atoms with E-state index in [0.717, 1.165) is 0 Å². The summed E-state index contributed by atoms with van der Waals surface area (Å²) in [6, 6.07) is 7.42. The first-order chi connectivity index (χ1) is 9.47. The van der Waals surface area contributed by atoms with E-state index in [9.17, 15) is 9.59 Å². The SMILES string of the molecule is Cc1cc(Cl)nc(NC(=O)c2ccccc2C(=O)O)n1. The van der Waals surface area contributed by atoms with Crippen LogP contribution in [0.1, 0.15) is 26.4 Å². The number of aromatic carboxylic acids is 1. The molecule has 1 amide bonds. The van der Waals surface area contributed by atoms with Crippen molar-refractivity contribution in [2.45, 2.75) is 6.92 Å². The minimum atomic E-state index is -1.18. The Morgan fingerprint density at radius 2 is 1.85 bits per heavy atom. The van der Waals surface area contributed by atoms with Gasteiger partial charge in [0, 0.05) is 5.69 Å². The second-order valence-corrected chi connectivity index (χ2v) is 4.35. The molecule has 0 bridgehead atoms. The Hall–Kier alpha value is -2.47. The Labute approximate surface area is 119 Å². The van der Waals surface area contributed by atoms with Crippen LogP contribution in [0.3, 0.4) is 0 Å². The largest absolute Gasteiger partial charge is 0.478 e. The van der Waals surface area contributed by atoms with Gasteiger partial charge in [-0.05, 0) is 25.1 Å². The normalized spacial score (nSPS) is 10.1. The molecule has 2 rings (SSSR count). The molecule has 1 heterocycles. The zero-order chi connectivity index (χ0) is 14.7. The number of carbonyl (C=O) groups excluding carboxylic acids is 1. The van der Waals surface area contributed by atoms with Gasteiger partial charge in [0.2, 0.25) is 5.95 Å². The molecule has 0 aliphatic heterocycles. The minimum absolute atomic E-state index is 0.0280. The van der Waals surface area contributed by atoms with Crippen LogP contribution in [-0.4, -0.2) is 27.0 Å². The number of amides is 1. The van der Waals surface area contributed by atoms with Crippen LogP contribution in [0.25, 0.3) is 0 Å². The van der Waals surface area contributed by atoms with Crippen molar-refractivity contribution in [2.24, 2.45) is 0 Å². The van der Waals surface area contributed by atoms with Crippen LogP contribution in [0.5, 0.6) is 0 Å². The van der Waals surface area contributed by atoms with Gasteiger partial charge in [0.25, 0.3) is 5.91 Å². The maximum absolute atomic E-state index is 12.1. The number of aromatic nitrogens is 2. The topological polar surface area (TPSA) is 92.2 Å². The lowest BCUT2D eigenvalue weighted by Gasteiger charge is -2.07. The molecular formula is C13H10ClN3O3. The van der Waals surface area contributed by atoms with Crippen LogP contribution in [0.2, 0.25) is 5.15 Å². The summed E-state index contributed by atoms with van der Waals surface area (Å²) < 4.78 is 0. The Morgan fingerprint density at radius 1 is 1.20 bits per heavy atom. The Balaban J connectivity index is 2.31. The quantitative estimate of drug-likeness (QED) is 0.847. The van der Waals surface area contributed by atoms with E-state index in [1.54, 1.807) is 25.1 Å². The second-order valence-electron chi connectivity index (χ2n) is 3.96. The van der Waals surface area contributed by atoms with Gasteiger partial charge >= 0.3 is 5.97 Å². The van der Waals surface area contributed by atoms with Gasteiger partial charge in [0.1, 0.15) is 5.15 Å². The molecule has 0 saturated heterocycles. The van der Waals surface area contributed by atoms with Crippen molar-refractivity contribution in [1.29, 1.82) is 0 Å². The lowest BCUT2D eigenvalue weighted by atomic mass is 10.1. The van der Waals surface area contributed by atoms with Crippen molar-refractivity contribution in [2.75, 3.05) is 5.32 Å². The Kier molecular flexibility index (Phi) is 3.95. The number of halogens is 1. The van der Waals surface area contributed by atoms with Crippen molar-refractivity contribution in [3.8, 4) is 0 Å². The minimum Gasteiger partial charge on any atom is -0.478 e. The van der Waals surface area contributed by atoms with Crippen molar-refractivity contribution in [3.05, 3.63) is 52.3 Å². The average molecular weight is 292 g/mol. The van der Waals surface area contributed by atoms with Crippen molar-refractivity contribution in [1.82, 2.24) is 9.97 Å². The molecule has 2 N–H and O–H groups in total. The number of carboxylic acid groups (broad SMARTS) is 1. The zero-order valence-electron chi connectivity index (χ0n) is 10.4. The molecule has 2 aromatic rings. The van der Waals surface area contributed by atoms with E-state index in [4.69, 9.17) is 16.7 Å². The first-order valence-corrected chi connectivity index (χ1v) is 6.00. The molecule has 1 aromatic heterocycles. The van der Waals surface area contributed by atoms with Gasteiger partial charge in [0.15, 0.2) is 0 Å². The van der Waals surface area contributed by atoms with Gasteiger partial charge in [0.05, 0.1) is 11.1 Å². The predicted octanol–water partition coefficient (Wildman–Crippen LogP) is 2.39. The molecule has 102 valence electrons. The molecule has 0 saturated carbocycles. The number of nitrogens with one attached hydrogen (secondary N) is 1. The van der Waals surface area contributed by atoms with Crippen LogP contribution < -0.4 is 5.32 Å². The fourth-order valence-corrected chi connectivity index (χ4v) is 1.86. The van der Waals surface area contributed by atoms with E-state index in [1.165, 1.54) is 12.1 Å².